The number of aryl methyl sites for hydroxylation is 1. The van der Waals surface area contributed by atoms with E-state index in [9.17, 15) is 14.7 Å². The van der Waals surface area contributed by atoms with E-state index in [4.69, 9.17) is 5.11 Å². The van der Waals surface area contributed by atoms with Gasteiger partial charge < -0.3 is 10.2 Å². The molecular formula is C22H31NO4. The minimum absolute atomic E-state index is 0.105. The van der Waals surface area contributed by atoms with Crippen LogP contribution >= 0.6 is 0 Å². The van der Waals surface area contributed by atoms with Crippen molar-refractivity contribution in [2.75, 3.05) is 13.1 Å². The summed E-state index contributed by atoms with van der Waals surface area (Å²) in [5, 5.41) is 19.0. The first-order valence-electron chi connectivity index (χ1n) is 9.83. The number of ketones is 1. The number of aliphatic hydroxyl groups excluding tert-OH is 1. The van der Waals surface area contributed by atoms with E-state index in [-0.39, 0.29) is 18.2 Å². The van der Waals surface area contributed by atoms with Gasteiger partial charge in [0.2, 0.25) is 0 Å². The Kier molecular flexibility index (Phi) is 8.69. The second kappa shape index (κ2) is 11.0. The third kappa shape index (κ3) is 7.65. The van der Waals surface area contributed by atoms with Crippen molar-refractivity contribution in [3.05, 3.63) is 47.5 Å². The Morgan fingerprint density at radius 2 is 2.19 bits per heavy atom. The number of aliphatic carboxylic acids is 1. The van der Waals surface area contributed by atoms with Crippen molar-refractivity contribution in [1.82, 2.24) is 4.90 Å². The summed E-state index contributed by atoms with van der Waals surface area (Å²) in [6, 6.07) is 8.08. The first kappa shape index (κ1) is 21.3. The van der Waals surface area contributed by atoms with Crippen LogP contribution in [0.2, 0.25) is 0 Å². The van der Waals surface area contributed by atoms with E-state index in [1.807, 2.05) is 37.3 Å². The molecular weight excluding hydrogens is 342 g/mol. The highest BCUT2D eigenvalue weighted by molar-refractivity contribution is 5.86. The van der Waals surface area contributed by atoms with Gasteiger partial charge in [0.05, 0.1) is 12.1 Å². The molecule has 27 heavy (non-hydrogen) atoms. The topological polar surface area (TPSA) is 77.8 Å². The van der Waals surface area contributed by atoms with Gasteiger partial charge in [-0.15, -0.1) is 0 Å². The van der Waals surface area contributed by atoms with Gasteiger partial charge in [-0.25, -0.2) is 0 Å². The summed E-state index contributed by atoms with van der Waals surface area (Å²) in [6.07, 6.45) is 7.61. The quantitative estimate of drug-likeness (QED) is 0.460. The number of benzene rings is 1. The van der Waals surface area contributed by atoms with E-state index >= 15 is 0 Å². The molecule has 5 nitrogen and oxygen atoms in total. The molecule has 0 bridgehead atoms. The Bertz CT molecular complexity index is 655. The van der Waals surface area contributed by atoms with E-state index in [1.54, 1.807) is 0 Å². The summed E-state index contributed by atoms with van der Waals surface area (Å²) in [5.41, 5.74) is 2.33. The summed E-state index contributed by atoms with van der Waals surface area (Å²) in [6.45, 7) is 3.52. The number of carbonyl (C=O) groups is 2. The van der Waals surface area contributed by atoms with Crippen LogP contribution in [0, 0.1) is 6.92 Å². The van der Waals surface area contributed by atoms with E-state index < -0.39 is 12.1 Å². The summed E-state index contributed by atoms with van der Waals surface area (Å²) >= 11 is 0. The van der Waals surface area contributed by atoms with Gasteiger partial charge in [0.1, 0.15) is 0 Å². The van der Waals surface area contributed by atoms with Gasteiger partial charge >= 0.3 is 5.97 Å². The SMILES string of the molecule is Cc1cccc(CC(O)CCN2CCC(=O)[C@@H]2C/C=C\CCCC(=O)O)c1. The smallest absolute Gasteiger partial charge is 0.303 e. The molecule has 1 saturated heterocycles. The lowest BCUT2D eigenvalue weighted by molar-refractivity contribution is -0.137. The Morgan fingerprint density at radius 3 is 2.93 bits per heavy atom. The lowest BCUT2D eigenvalue weighted by Gasteiger charge is -2.23. The number of rotatable bonds is 11. The second-order valence-corrected chi connectivity index (χ2v) is 7.40. The van der Waals surface area contributed by atoms with Crippen molar-refractivity contribution >= 4 is 11.8 Å². The lowest BCUT2D eigenvalue weighted by atomic mass is 10.0. The number of hydrogen-bond acceptors (Lipinski definition) is 4. The number of carboxylic acids is 1. The number of unbranched alkanes of at least 4 members (excludes halogenated alkanes) is 1. The van der Waals surface area contributed by atoms with E-state index in [1.165, 1.54) is 5.56 Å². The highest BCUT2D eigenvalue weighted by Crippen LogP contribution is 2.19. The van der Waals surface area contributed by atoms with Gasteiger partial charge in [-0.2, -0.15) is 0 Å². The van der Waals surface area contributed by atoms with Crippen LogP contribution in [0.4, 0.5) is 0 Å². The Morgan fingerprint density at radius 1 is 1.37 bits per heavy atom. The molecule has 1 aliphatic rings. The van der Waals surface area contributed by atoms with Crippen molar-refractivity contribution in [3.63, 3.8) is 0 Å². The minimum atomic E-state index is -0.773. The molecule has 2 atom stereocenters. The monoisotopic (exact) mass is 373 g/mol. The van der Waals surface area contributed by atoms with Crippen molar-refractivity contribution < 1.29 is 19.8 Å². The number of Topliss-reactive ketones (excluding diaryl/α,β-unsaturated/α-hetero) is 1. The van der Waals surface area contributed by atoms with Crippen molar-refractivity contribution in [2.45, 2.75) is 64.0 Å². The number of hydrogen-bond donors (Lipinski definition) is 2. The molecule has 1 fully saturated rings. The summed E-state index contributed by atoms with van der Waals surface area (Å²) in [5.74, 6) is -0.511. The lowest BCUT2D eigenvalue weighted by Crippen LogP contribution is -2.35. The van der Waals surface area contributed by atoms with Crippen LogP contribution in [-0.4, -0.2) is 52.1 Å². The summed E-state index contributed by atoms with van der Waals surface area (Å²) < 4.78 is 0. The minimum Gasteiger partial charge on any atom is -0.481 e. The zero-order valence-corrected chi connectivity index (χ0v) is 16.1. The molecule has 0 saturated carbocycles. The number of nitrogens with zero attached hydrogens (tertiary/aromatic N) is 1. The maximum absolute atomic E-state index is 12.2. The first-order valence-corrected chi connectivity index (χ1v) is 9.83. The van der Waals surface area contributed by atoms with Gasteiger partial charge in [0.25, 0.3) is 0 Å². The van der Waals surface area contributed by atoms with Gasteiger partial charge in [-0.05, 0) is 44.6 Å². The maximum Gasteiger partial charge on any atom is 0.303 e. The van der Waals surface area contributed by atoms with Gasteiger partial charge in [0, 0.05) is 25.9 Å². The third-order valence-electron chi connectivity index (χ3n) is 5.05. The molecule has 0 aliphatic carbocycles. The van der Waals surface area contributed by atoms with E-state index in [0.717, 1.165) is 25.1 Å². The number of likely N-dealkylation sites (tertiary alicyclic amines) is 1. The highest BCUT2D eigenvalue weighted by Gasteiger charge is 2.31. The predicted molar refractivity (Wildman–Crippen MR) is 106 cm³/mol. The van der Waals surface area contributed by atoms with Crippen LogP contribution in [0.5, 0.6) is 0 Å². The average molecular weight is 373 g/mol. The Hall–Kier alpha value is -1.98. The molecule has 2 rings (SSSR count). The largest absolute Gasteiger partial charge is 0.481 e. The van der Waals surface area contributed by atoms with Gasteiger partial charge in [-0.1, -0.05) is 42.0 Å². The molecule has 1 aromatic rings. The van der Waals surface area contributed by atoms with Crippen LogP contribution in [0.3, 0.4) is 0 Å². The van der Waals surface area contributed by atoms with Crippen LogP contribution < -0.4 is 0 Å². The first-order chi connectivity index (χ1) is 13.0. The van der Waals surface area contributed by atoms with Crippen LogP contribution in [0.15, 0.2) is 36.4 Å². The average Bonchev–Trinajstić information content (AvgIpc) is 2.96. The molecule has 1 heterocycles. The molecule has 1 aliphatic heterocycles. The fourth-order valence-electron chi connectivity index (χ4n) is 3.57. The molecule has 2 N–H and O–H groups in total. The molecule has 1 unspecified atom stereocenters. The normalized spacial score (nSPS) is 19.0. The van der Waals surface area contributed by atoms with Crippen molar-refractivity contribution in [2.24, 2.45) is 0 Å². The molecule has 5 heteroatoms. The zero-order valence-electron chi connectivity index (χ0n) is 16.1. The van der Waals surface area contributed by atoms with Crippen molar-refractivity contribution in [1.29, 1.82) is 0 Å². The molecule has 0 aromatic heterocycles. The maximum atomic E-state index is 12.2. The summed E-state index contributed by atoms with van der Waals surface area (Å²) in [4.78, 5) is 24.8. The zero-order chi connectivity index (χ0) is 19.6. The molecule has 148 valence electrons. The van der Waals surface area contributed by atoms with Crippen molar-refractivity contribution in [3.8, 4) is 0 Å². The number of aliphatic hydroxyl groups is 1. The van der Waals surface area contributed by atoms with Gasteiger partial charge in [-0.3, -0.25) is 14.5 Å². The van der Waals surface area contributed by atoms with Crippen LogP contribution in [0.25, 0.3) is 0 Å². The molecule has 0 spiro atoms. The fourth-order valence-corrected chi connectivity index (χ4v) is 3.57. The highest BCUT2D eigenvalue weighted by atomic mass is 16.4. The van der Waals surface area contributed by atoms with E-state index in [0.29, 0.717) is 32.1 Å². The second-order valence-electron chi connectivity index (χ2n) is 7.40. The van der Waals surface area contributed by atoms with Gasteiger partial charge in [0.15, 0.2) is 5.78 Å². The fraction of sp³-hybridized carbons (Fsp3) is 0.545. The van der Waals surface area contributed by atoms with Crippen LogP contribution in [0.1, 0.15) is 49.7 Å². The number of carbonyl (C=O) groups excluding carboxylic acids is 1. The number of carboxylic acid groups (broad SMARTS) is 1. The Balaban J connectivity index is 1.74. The molecule has 1 aromatic carbocycles. The van der Waals surface area contributed by atoms with E-state index in [2.05, 4.69) is 11.0 Å². The standard InChI is InChI=1S/C22H31NO4/c1-17-7-6-8-18(15-17)16-19(24)11-13-23-14-12-21(25)20(23)9-4-2-3-5-10-22(26)27/h2,4,6-8,15,19-20,24H,3,5,9-14,16H2,1H3,(H,26,27)/b4-2-/t19?,20-/m0/s1. The van der Waals surface area contributed by atoms with Crippen LogP contribution in [-0.2, 0) is 16.0 Å². The molecule has 0 radical (unpaired) electrons. The number of allylic oxidation sites excluding steroid dienone is 1. The predicted octanol–water partition coefficient (Wildman–Crippen LogP) is 3.13. The Labute approximate surface area is 161 Å². The third-order valence-corrected chi connectivity index (χ3v) is 5.05. The molecule has 0 amide bonds. The summed E-state index contributed by atoms with van der Waals surface area (Å²) in [7, 11) is 0.